The Hall–Kier alpha value is -1.33. The van der Waals surface area contributed by atoms with Crippen LogP contribution in [0.1, 0.15) is 23.2 Å². The molecule has 0 radical (unpaired) electrons. The second-order valence-corrected chi connectivity index (χ2v) is 5.39. The molecule has 0 N–H and O–H groups in total. The molecule has 0 spiro atoms. The van der Waals surface area contributed by atoms with Gasteiger partial charge in [0, 0.05) is 19.3 Å². The summed E-state index contributed by atoms with van der Waals surface area (Å²) in [4.78, 5) is 29.4. The number of nitrogens with zero attached hydrogens (tertiary/aromatic N) is 2. The zero-order valence-corrected chi connectivity index (χ0v) is 12.4. The molecule has 1 aliphatic rings. The number of aromatic nitrogens is 1. The first-order valence-electron chi connectivity index (χ1n) is 6.21. The van der Waals surface area contributed by atoms with Crippen LogP contribution in [0.15, 0.2) is 12.3 Å². The summed E-state index contributed by atoms with van der Waals surface area (Å²) in [5.74, 6) is -0.817. The van der Waals surface area contributed by atoms with Crippen molar-refractivity contribution in [2.45, 2.75) is 12.8 Å². The lowest BCUT2D eigenvalue weighted by Crippen LogP contribution is -2.42. The molecule has 1 saturated heterocycles. The Morgan fingerprint density at radius 1 is 1.45 bits per heavy atom. The summed E-state index contributed by atoms with van der Waals surface area (Å²) in [5, 5.41) is 0.457. The molecule has 0 saturated carbocycles. The Labute approximate surface area is 126 Å². The van der Waals surface area contributed by atoms with Crippen LogP contribution in [-0.4, -0.2) is 42.0 Å². The van der Waals surface area contributed by atoms with Crippen molar-refractivity contribution in [3.05, 3.63) is 28.0 Å². The predicted octanol–water partition coefficient (Wildman–Crippen LogP) is 2.41. The first-order valence-corrected chi connectivity index (χ1v) is 6.96. The van der Waals surface area contributed by atoms with Crippen molar-refractivity contribution in [2.24, 2.45) is 5.92 Å². The van der Waals surface area contributed by atoms with Crippen molar-refractivity contribution >= 4 is 35.1 Å². The molecule has 1 fully saturated rings. The van der Waals surface area contributed by atoms with Crippen LogP contribution in [0.25, 0.3) is 0 Å². The Morgan fingerprint density at radius 3 is 2.90 bits per heavy atom. The van der Waals surface area contributed by atoms with Crippen LogP contribution in [-0.2, 0) is 9.53 Å². The number of carbonyl (C=O) groups is 2. The van der Waals surface area contributed by atoms with Gasteiger partial charge in [-0.15, -0.1) is 0 Å². The van der Waals surface area contributed by atoms with Crippen molar-refractivity contribution in [1.29, 1.82) is 0 Å². The second-order valence-electron chi connectivity index (χ2n) is 4.60. The maximum atomic E-state index is 12.4. The van der Waals surface area contributed by atoms with E-state index in [0.717, 1.165) is 12.8 Å². The molecular formula is C13H14Cl2N2O3. The van der Waals surface area contributed by atoms with Crippen LogP contribution in [0, 0.1) is 5.92 Å². The minimum absolute atomic E-state index is 0.208. The molecule has 0 unspecified atom stereocenters. The highest BCUT2D eigenvalue weighted by molar-refractivity contribution is 6.35. The van der Waals surface area contributed by atoms with Gasteiger partial charge in [0.15, 0.2) is 0 Å². The van der Waals surface area contributed by atoms with Crippen molar-refractivity contribution in [1.82, 2.24) is 9.88 Å². The van der Waals surface area contributed by atoms with E-state index in [4.69, 9.17) is 27.9 Å². The van der Waals surface area contributed by atoms with E-state index in [1.165, 1.54) is 19.4 Å². The number of carbonyl (C=O) groups excluding carboxylic acids is 2. The van der Waals surface area contributed by atoms with Gasteiger partial charge in [-0.05, 0) is 18.9 Å². The largest absolute Gasteiger partial charge is 0.469 e. The summed E-state index contributed by atoms with van der Waals surface area (Å²) >= 11 is 11.8. The first-order chi connectivity index (χ1) is 9.52. The minimum Gasteiger partial charge on any atom is -0.469 e. The Balaban J connectivity index is 2.16. The molecule has 1 aromatic heterocycles. The highest BCUT2D eigenvalue weighted by Gasteiger charge is 2.30. The number of ether oxygens (including phenoxy) is 1. The highest BCUT2D eigenvalue weighted by atomic mass is 35.5. The van der Waals surface area contributed by atoms with E-state index in [2.05, 4.69) is 4.98 Å². The van der Waals surface area contributed by atoms with Gasteiger partial charge in [-0.2, -0.15) is 0 Å². The van der Waals surface area contributed by atoms with Crippen LogP contribution in [0.2, 0.25) is 10.2 Å². The number of methoxy groups -OCH3 is 1. The fraction of sp³-hybridized carbons (Fsp3) is 0.462. The molecule has 5 nitrogen and oxygen atoms in total. The lowest BCUT2D eigenvalue weighted by molar-refractivity contribution is -0.146. The normalized spacial score (nSPS) is 18.8. The minimum atomic E-state index is -0.290. The number of amides is 1. The maximum absolute atomic E-state index is 12.4. The molecule has 0 bridgehead atoms. The first kappa shape index (κ1) is 15.1. The zero-order valence-electron chi connectivity index (χ0n) is 10.9. The standard InChI is InChI=1S/C13H14Cl2N2O3/c1-20-13(19)8-3-2-4-17(7-8)12(18)9-5-11(15)16-6-10(9)14/h5-6,8H,2-4,7H2,1H3/t8-/m0/s1. The van der Waals surface area contributed by atoms with E-state index in [0.29, 0.717) is 18.7 Å². The third-order valence-electron chi connectivity index (χ3n) is 3.30. The summed E-state index contributed by atoms with van der Waals surface area (Å²) in [7, 11) is 1.35. The van der Waals surface area contributed by atoms with Crippen LogP contribution in [0.5, 0.6) is 0 Å². The molecule has 1 amide bonds. The van der Waals surface area contributed by atoms with Crippen LogP contribution >= 0.6 is 23.2 Å². The van der Waals surface area contributed by atoms with E-state index in [1.807, 2.05) is 0 Å². The maximum Gasteiger partial charge on any atom is 0.310 e. The molecular weight excluding hydrogens is 303 g/mol. The number of rotatable bonds is 2. The molecule has 0 aromatic carbocycles. The summed E-state index contributed by atoms with van der Waals surface area (Å²) in [6, 6.07) is 1.44. The number of pyridine rings is 1. The summed E-state index contributed by atoms with van der Waals surface area (Å²) in [6.07, 6.45) is 2.82. The van der Waals surface area contributed by atoms with Crippen molar-refractivity contribution in [3.8, 4) is 0 Å². The van der Waals surface area contributed by atoms with Gasteiger partial charge >= 0.3 is 5.97 Å². The van der Waals surface area contributed by atoms with E-state index in [1.54, 1.807) is 4.90 Å². The average molecular weight is 317 g/mol. The average Bonchev–Trinajstić information content (AvgIpc) is 2.48. The lowest BCUT2D eigenvalue weighted by atomic mass is 9.97. The number of esters is 1. The number of piperidine rings is 1. The van der Waals surface area contributed by atoms with E-state index >= 15 is 0 Å². The quantitative estimate of drug-likeness (QED) is 0.621. The van der Waals surface area contributed by atoms with E-state index in [9.17, 15) is 9.59 Å². The van der Waals surface area contributed by atoms with E-state index < -0.39 is 0 Å². The molecule has 0 aliphatic carbocycles. The van der Waals surface area contributed by atoms with Gasteiger partial charge in [0.25, 0.3) is 5.91 Å². The lowest BCUT2D eigenvalue weighted by Gasteiger charge is -2.31. The van der Waals surface area contributed by atoms with E-state index in [-0.39, 0.29) is 28.0 Å². The predicted molar refractivity (Wildman–Crippen MR) is 74.9 cm³/mol. The van der Waals surface area contributed by atoms with Crippen molar-refractivity contribution in [3.63, 3.8) is 0 Å². The van der Waals surface area contributed by atoms with Crippen LogP contribution < -0.4 is 0 Å². The molecule has 2 heterocycles. The number of likely N-dealkylation sites (tertiary alicyclic amines) is 1. The Kier molecular flexibility index (Phi) is 4.83. The molecule has 1 aliphatic heterocycles. The van der Waals surface area contributed by atoms with Crippen molar-refractivity contribution < 1.29 is 14.3 Å². The van der Waals surface area contributed by atoms with Gasteiger partial charge in [0.2, 0.25) is 0 Å². The van der Waals surface area contributed by atoms with Crippen LogP contribution in [0.4, 0.5) is 0 Å². The fourth-order valence-electron chi connectivity index (χ4n) is 2.27. The Bertz CT molecular complexity index is 536. The topological polar surface area (TPSA) is 59.5 Å². The molecule has 20 heavy (non-hydrogen) atoms. The molecule has 7 heteroatoms. The smallest absolute Gasteiger partial charge is 0.310 e. The fourth-order valence-corrected chi connectivity index (χ4v) is 2.61. The summed E-state index contributed by atoms with van der Waals surface area (Å²) in [6.45, 7) is 0.921. The van der Waals surface area contributed by atoms with Crippen LogP contribution in [0.3, 0.4) is 0 Å². The molecule has 108 valence electrons. The molecule has 1 atom stereocenters. The number of halogens is 2. The molecule has 2 rings (SSSR count). The second kappa shape index (κ2) is 6.41. The van der Waals surface area contributed by atoms with Gasteiger partial charge < -0.3 is 9.64 Å². The molecule has 1 aromatic rings. The highest BCUT2D eigenvalue weighted by Crippen LogP contribution is 2.24. The number of hydrogen-bond donors (Lipinski definition) is 0. The van der Waals surface area contributed by atoms with Gasteiger partial charge in [0.1, 0.15) is 5.15 Å². The van der Waals surface area contributed by atoms with Gasteiger partial charge in [-0.25, -0.2) is 4.98 Å². The summed E-state index contributed by atoms with van der Waals surface area (Å²) in [5.41, 5.74) is 0.303. The third kappa shape index (κ3) is 3.22. The van der Waals surface area contributed by atoms with Gasteiger partial charge in [-0.1, -0.05) is 23.2 Å². The Morgan fingerprint density at radius 2 is 2.20 bits per heavy atom. The SMILES string of the molecule is COC(=O)[C@H]1CCCN(C(=O)c2cc(Cl)ncc2Cl)C1. The number of hydrogen-bond acceptors (Lipinski definition) is 4. The van der Waals surface area contributed by atoms with Gasteiger partial charge in [-0.3, -0.25) is 9.59 Å². The van der Waals surface area contributed by atoms with Crippen molar-refractivity contribution in [2.75, 3.05) is 20.2 Å². The monoisotopic (exact) mass is 316 g/mol. The third-order valence-corrected chi connectivity index (χ3v) is 3.80. The zero-order chi connectivity index (χ0) is 14.7. The van der Waals surface area contributed by atoms with Gasteiger partial charge in [0.05, 0.1) is 23.6 Å². The summed E-state index contributed by atoms with van der Waals surface area (Å²) < 4.78 is 4.73.